The molecule has 0 unspecified atom stereocenters. The number of hydrogen-bond donors (Lipinski definition) is 2. The molecule has 0 aliphatic carbocycles. The van der Waals surface area contributed by atoms with E-state index in [4.69, 9.17) is 9.47 Å². The fourth-order valence-corrected chi connectivity index (χ4v) is 1.90. The van der Waals surface area contributed by atoms with Gasteiger partial charge in [0.15, 0.2) is 6.04 Å². The number of carbonyl (C=O) groups excluding carboxylic acids is 4. The van der Waals surface area contributed by atoms with Crippen LogP contribution in [0.25, 0.3) is 0 Å². The summed E-state index contributed by atoms with van der Waals surface area (Å²) in [5.41, 5.74) is -0.743. The molecule has 0 aliphatic rings. The Kier molecular flexibility index (Phi) is 11.3. The number of allylic oxidation sites excluding steroid dienone is 1. The molecule has 0 heterocycles. The monoisotopic (exact) mass is 398 g/mol. The van der Waals surface area contributed by atoms with Crippen LogP contribution in [0.4, 0.5) is 4.79 Å². The first-order chi connectivity index (χ1) is 13.0. The maximum atomic E-state index is 12.5. The molecule has 0 aromatic rings. The van der Waals surface area contributed by atoms with E-state index < -0.39 is 48.2 Å². The lowest BCUT2D eigenvalue weighted by atomic mass is 10.1. The van der Waals surface area contributed by atoms with Gasteiger partial charge in [0.1, 0.15) is 18.2 Å². The third-order valence-corrected chi connectivity index (χ3v) is 3.18. The van der Waals surface area contributed by atoms with Crippen molar-refractivity contribution in [3.05, 3.63) is 25.3 Å². The zero-order valence-electron chi connectivity index (χ0n) is 16.9. The molecule has 158 valence electrons. The number of methoxy groups -OCH3 is 1. The van der Waals surface area contributed by atoms with Crippen molar-refractivity contribution < 1.29 is 33.4 Å². The van der Waals surface area contributed by atoms with Crippen LogP contribution in [0.2, 0.25) is 0 Å². The molecule has 0 bridgehead atoms. The molecule has 0 radical (unpaired) electrons. The standard InChI is InChI=1S/C19H30N2O7/c1-7-9-11-15(22)27-12-14(17(24)26-6)20-16(23)13(10-8-2)21-18(25)28-19(3,4)5/h7-8,13-14H,1-2,9-12H2,3-6H3,(H,20,23)(H,21,25)/t13-,14-/m0/s1. The van der Waals surface area contributed by atoms with Crippen molar-refractivity contribution in [1.82, 2.24) is 10.6 Å². The predicted octanol–water partition coefficient (Wildman–Crippen LogP) is 1.62. The summed E-state index contributed by atoms with van der Waals surface area (Å²) >= 11 is 0. The van der Waals surface area contributed by atoms with Crippen molar-refractivity contribution in [1.29, 1.82) is 0 Å². The molecule has 2 amide bonds. The highest BCUT2D eigenvalue weighted by molar-refractivity contribution is 5.90. The maximum Gasteiger partial charge on any atom is 0.408 e. The zero-order valence-corrected chi connectivity index (χ0v) is 16.9. The van der Waals surface area contributed by atoms with Gasteiger partial charge < -0.3 is 24.8 Å². The Morgan fingerprint density at radius 1 is 1.04 bits per heavy atom. The van der Waals surface area contributed by atoms with Crippen LogP contribution >= 0.6 is 0 Å². The van der Waals surface area contributed by atoms with Crippen molar-refractivity contribution in [3.63, 3.8) is 0 Å². The fraction of sp³-hybridized carbons (Fsp3) is 0.579. The van der Waals surface area contributed by atoms with E-state index in [9.17, 15) is 19.2 Å². The number of hydrogen-bond acceptors (Lipinski definition) is 7. The van der Waals surface area contributed by atoms with Gasteiger partial charge in [0.2, 0.25) is 5.91 Å². The minimum absolute atomic E-state index is 0.0953. The minimum Gasteiger partial charge on any atom is -0.467 e. The maximum absolute atomic E-state index is 12.5. The Labute approximate surface area is 165 Å². The summed E-state index contributed by atoms with van der Waals surface area (Å²) in [6, 6.07) is -2.26. The largest absolute Gasteiger partial charge is 0.467 e. The minimum atomic E-state index is -1.22. The van der Waals surface area contributed by atoms with Crippen molar-refractivity contribution in [2.45, 2.75) is 57.7 Å². The first kappa shape index (κ1) is 25.2. The Morgan fingerprint density at radius 2 is 1.68 bits per heavy atom. The number of carbonyl (C=O) groups is 4. The Balaban J connectivity index is 4.98. The van der Waals surface area contributed by atoms with Gasteiger partial charge in [-0.25, -0.2) is 9.59 Å². The number of alkyl carbamates (subject to hydrolysis) is 1. The smallest absolute Gasteiger partial charge is 0.408 e. The summed E-state index contributed by atoms with van der Waals surface area (Å²) in [7, 11) is 1.14. The van der Waals surface area contributed by atoms with Crippen LogP contribution < -0.4 is 10.6 Å². The molecule has 0 saturated heterocycles. The summed E-state index contributed by atoms with van der Waals surface area (Å²) in [5.74, 6) is -2.01. The van der Waals surface area contributed by atoms with E-state index in [1.54, 1.807) is 26.8 Å². The summed E-state index contributed by atoms with van der Waals surface area (Å²) in [5, 5.41) is 4.82. The lowest BCUT2D eigenvalue weighted by Crippen LogP contribution is -2.53. The molecular weight excluding hydrogens is 368 g/mol. The Bertz CT molecular complexity index is 581. The van der Waals surface area contributed by atoms with E-state index in [1.165, 1.54) is 6.08 Å². The van der Waals surface area contributed by atoms with Crippen molar-refractivity contribution in [3.8, 4) is 0 Å². The van der Waals surface area contributed by atoms with Gasteiger partial charge in [-0.1, -0.05) is 12.2 Å². The van der Waals surface area contributed by atoms with Gasteiger partial charge in [-0.15, -0.1) is 13.2 Å². The van der Waals surface area contributed by atoms with Crippen LogP contribution in [0.15, 0.2) is 25.3 Å². The van der Waals surface area contributed by atoms with E-state index in [1.807, 2.05) is 0 Å². The average Bonchev–Trinajstić information content (AvgIpc) is 2.60. The van der Waals surface area contributed by atoms with E-state index in [-0.39, 0.29) is 12.8 Å². The van der Waals surface area contributed by atoms with Crippen LogP contribution in [0.1, 0.15) is 40.0 Å². The number of ether oxygens (including phenoxy) is 3. The molecule has 0 fully saturated rings. The summed E-state index contributed by atoms with van der Waals surface area (Å²) in [4.78, 5) is 47.9. The van der Waals surface area contributed by atoms with Crippen molar-refractivity contribution >= 4 is 23.9 Å². The molecule has 0 aromatic heterocycles. The second-order valence-electron chi connectivity index (χ2n) is 6.82. The van der Waals surface area contributed by atoms with Crippen molar-refractivity contribution in [2.75, 3.05) is 13.7 Å². The topological polar surface area (TPSA) is 120 Å². The molecule has 0 saturated carbocycles. The first-order valence-electron chi connectivity index (χ1n) is 8.79. The third kappa shape index (κ3) is 11.0. The molecule has 0 spiro atoms. The molecule has 9 heteroatoms. The van der Waals surface area contributed by atoms with Crippen molar-refractivity contribution in [2.24, 2.45) is 0 Å². The second-order valence-corrected chi connectivity index (χ2v) is 6.82. The SMILES string of the molecule is C=CCCC(=O)OC[C@H](NC(=O)[C@H](CC=C)NC(=O)OC(C)(C)C)C(=O)OC. The molecule has 0 rings (SSSR count). The highest BCUT2D eigenvalue weighted by atomic mass is 16.6. The van der Waals surface area contributed by atoms with E-state index in [0.717, 1.165) is 7.11 Å². The Morgan fingerprint density at radius 3 is 2.18 bits per heavy atom. The van der Waals surface area contributed by atoms with Gasteiger partial charge in [-0.05, 0) is 33.6 Å². The first-order valence-corrected chi connectivity index (χ1v) is 8.79. The molecule has 28 heavy (non-hydrogen) atoms. The molecule has 9 nitrogen and oxygen atoms in total. The highest BCUT2D eigenvalue weighted by Crippen LogP contribution is 2.07. The van der Waals surface area contributed by atoms with Gasteiger partial charge in [0, 0.05) is 6.42 Å². The number of rotatable bonds is 11. The predicted molar refractivity (Wildman–Crippen MR) is 102 cm³/mol. The van der Waals surface area contributed by atoms with Gasteiger partial charge in [0.05, 0.1) is 7.11 Å². The summed E-state index contributed by atoms with van der Waals surface area (Å²) in [6.45, 7) is 11.7. The average molecular weight is 398 g/mol. The quantitative estimate of drug-likeness (QED) is 0.308. The number of esters is 2. The van der Waals surface area contributed by atoms with E-state index >= 15 is 0 Å². The molecule has 2 N–H and O–H groups in total. The summed E-state index contributed by atoms with van der Waals surface area (Å²) < 4.78 is 14.7. The van der Waals surface area contributed by atoms with Gasteiger partial charge in [-0.2, -0.15) is 0 Å². The van der Waals surface area contributed by atoms with E-state index in [2.05, 4.69) is 28.5 Å². The third-order valence-electron chi connectivity index (χ3n) is 3.18. The molecular formula is C19H30N2O7. The van der Waals surface area contributed by atoms with Crippen LogP contribution in [0.3, 0.4) is 0 Å². The molecule has 2 atom stereocenters. The van der Waals surface area contributed by atoms with E-state index in [0.29, 0.717) is 6.42 Å². The van der Waals surface area contributed by atoms with Crippen LogP contribution in [0, 0.1) is 0 Å². The number of nitrogens with one attached hydrogen (secondary N) is 2. The fourth-order valence-electron chi connectivity index (χ4n) is 1.90. The Hall–Kier alpha value is -2.84. The molecule has 0 aliphatic heterocycles. The molecule has 0 aromatic carbocycles. The normalized spacial score (nSPS) is 12.7. The lowest BCUT2D eigenvalue weighted by molar-refractivity contribution is -0.152. The second kappa shape index (κ2) is 12.5. The number of amides is 2. The lowest BCUT2D eigenvalue weighted by Gasteiger charge is -2.24. The summed E-state index contributed by atoms with van der Waals surface area (Å²) in [6.07, 6.45) is 2.82. The van der Waals surface area contributed by atoms with Gasteiger partial charge >= 0.3 is 18.0 Å². The zero-order chi connectivity index (χ0) is 21.7. The van der Waals surface area contributed by atoms with Crippen LogP contribution in [-0.2, 0) is 28.6 Å². The van der Waals surface area contributed by atoms with Gasteiger partial charge in [0.25, 0.3) is 0 Å². The van der Waals surface area contributed by atoms with Crippen LogP contribution in [-0.4, -0.2) is 55.3 Å². The van der Waals surface area contributed by atoms with Crippen LogP contribution in [0.5, 0.6) is 0 Å². The van der Waals surface area contributed by atoms with Gasteiger partial charge in [-0.3, -0.25) is 9.59 Å². The highest BCUT2D eigenvalue weighted by Gasteiger charge is 2.29.